The van der Waals surface area contributed by atoms with Crippen molar-refractivity contribution in [2.45, 2.75) is 18.4 Å². The first-order valence-corrected chi connectivity index (χ1v) is 8.61. The molecule has 2 aromatic rings. The fraction of sp³-hybridized carbons (Fsp3) is 0.350. The lowest BCUT2D eigenvalue weighted by Gasteiger charge is -2.29. The van der Waals surface area contributed by atoms with Gasteiger partial charge in [0.1, 0.15) is 0 Å². The van der Waals surface area contributed by atoms with E-state index < -0.39 is 0 Å². The second-order valence-corrected chi connectivity index (χ2v) is 6.25. The lowest BCUT2D eigenvalue weighted by atomic mass is 9.90. The number of rotatable bonds is 5. The van der Waals surface area contributed by atoms with E-state index in [2.05, 4.69) is 53.8 Å². The van der Waals surface area contributed by atoms with Crippen LogP contribution >= 0.6 is 0 Å². The van der Waals surface area contributed by atoms with Gasteiger partial charge in [-0.2, -0.15) is 0 Å². The third-order valence-electron chi connectivity index (χ3n) is 4.65. The summed E-state index contributed by atoms with van der Waals surface area (Å²) >= 11 is 0. The molecule has 24 heavy (non-hydrogen) atoms. The van der Waals surface area contributed by atoms with E-state index >= 15 is 0 Å². The minimum atomic E-state index is -0.264. The average molecular weight is 323 g/mol. The quantitative estimate of drug-likeness (QED) is 0.884. The van der Waals surface area contributed by atoms with Gasteiger partial charge < -0.3 is 16.0 Å². The van der Waals surface area contributed by atoms with Gasteiger partial charge in [0.25, 0.3) is 0 Å². The molecule has 0 bridgehead atoms. The lowest BCUT2D eigenvalue weighted by Crippen LogP contribution is -2.48. The fourth-order valence-electron chi connectivity index (χ4n) is 3.32. The molecule has 1 aliphatic heterocycles. The van der Waals surface area contributed by atoms with Gasteiger partial charge in [0, 0.05) is 25.6 Å². The minimum absolute atomic E-state index is 0.117. The largest absolute Gasteiger partial charge is 0.340 e. The predicted molar refractivity (Wildman–Crippen MR) is 96.8 cm³/mol. The highest BCUT2D eigenvalue weighted by Crippen LogP contribution is 2.26. The summed E-state index contributed by atoms with van der Waals surface area (Å²) in [5.41, 5.74) is 8.24. The molecule has 126 valence electrons. The summed E-state index contributed by atoms with van der Waals surface area (Å²) in [6, 6.07) is 20.6. The molecule has 3 N–H and O–H groups in total. The summed E-state index contributed by atoms with van der Waals surface area (Å²) in [6.07, 6.45) is 0.957. The maximum atomic E-state index is 12.8. The number of carbonyl (C=O) groups excluding carboxylic acids is 1. The van der Waals surface area contributed by atoms with Crippen molar-refractivity contribution in [3.05, 3.63) is 71.8 Å². The number of amides is 1. The third-order valence-corrected chi connectivity index (χ3v) is 4.65. The van der Waals surface area contributed by atoms with Gasteiger partial charge in [-0.15, -0.1) is 0 Å². The highest BCUT2D eigenvalue weighted by molar-refractivity contribution is 5.82. The number of hydrogen-bond acceptors (Lipinski definition) is 3. The first kappa shape index (κ1) is 16.7. The molecule has 3 rings (SSSR count). The molecule has 0 spiro atoms. The predicted octanol–water partition coefficient (Wildman–Crippen LogP) is 1.97. The Morgan fingerprint density at radius 3 is 2.17 bits per heavy atom. The third kappa shape index (κ3) is 3.83. The van der Waals surface area contributed by atoms with Crippen molar-refractivity contribution in [1.82, 2.24) is 10.2 Å². The van der Waals surface area contributed by atoms with Gasteiger partial charge >= 0.3 is 0 Å². The van der Waals surface area contributed by atoms with Gasteiger partial charge in [0.05, 0.1) is 6.04 Å². The van der Waals surface area contributed by atoms with Crippen molar-refractivity contribution in [3.8, 4) is 0 Å². The minimum Gasteiger partial charge on any atom is -0.340 e. The Morgan fingerprint density at radius 1 is 1.04 bits per heavy atom. The van der Waals surface area contributed by atoms with Gasteiger partial charge in [-0.1, -0.05) is 60.7 Å². The van der Waals surface area contributed by atoms with E-state index in [4.69, 9.17) is 5.73 Å². The van der Waals surface area contributed by atoms with Crippen LogP contribution in [0, 0.1) is 0 Å². The molecule has 1 aliphatic rings. The van der Waals surface area contributed by atoms with Gasteiger partial charge in [0.15, 0.2) is 0 Å². The molecular formula is C20H25N3O. The summed E-state index contributed by atoms with van der Waals surface area (Å²) in [7, 11) is 0. The van der Waals surface area contributed by atoms with Gasteiger partial charge in [-0.3, -0.25) is 4.79 Å². The monoisotopic (exact) mass is 323 g/mol. The zero-order valence-electron chi connectivity index (χ0n) is 13.9. The zero-order chi connectivity index (χ0) is 16.8. The van der Waals surface area contributed by atoms with Crippen molar-refractivity contribution in [2.24, 2.45) is 5.73 Å². The van der Waals surface area contributed by atoms with E-state index in [1.165, 1.54) is 11.1 Å². The lowest BCUT2D eigenvalue weighted by molar-refractivity contribution is -0.132. The normalized spacial score (nSPS) is 18.7. The summed E-state index contributed by atoms with van der Waals surface area (Å²) in [6.45, 7) is 2.64. The topological polar surface area (TPSA) is 58.4 Å². The molecule has 0 aromatic heterocycles. The van der Waals surface area contributed by atoms with Crippen LogP contribution in [0.3, 0.4) is 0 Å². The Hall–Kier alpha value is -2.17. The van der Waals surface area contributed by atoms with Crippen LogP contribution < -0.4 is 11.1 Å². The molecule has 1 amide bonds. The summed E-state index contributed by atoms with van der Waals surface area (Å²) in [5, 5.41) is 3.25. The van der Waals surface area contributed by atoms with E-state index in [1.807, 2.05) is 17.0 Å². The van der Waals surface area contributed by atoms with Crippen LogP contribution in [0.15, 0.2) is 60.7 Å². The Bertz CT molecular complexity index is 605. The van der Waals surface area contributed by atoms with Crippen molar-refractivity contribution in [2.75, 3.05) is 26.2 Å². The van der Waals surface area contributed by atoms with E-state index in [0.717, 1.165) is 19.5 Å². The number of benzene rings is 2. The van der Waals surface area contributed by atoms with Crippen LogP contribution in [0.5, 0.6) is 0 Å². The average Bonchev–Trinajstić information content (AvgIpc) is 2.82. The highest BCUT2D eigenvalue weighted by atomic mass is 16.2. The summed E-state index contributed by atoms with van der Waals surface area (Å²) < 4.78 is 0. The van der Waals surface area contributed by atoms with Gasteiger partial charge in [-0.05, 0) is 24.1 Å². The molecular weight excluding hydrogens is 298 g/mol. The molecule has 4 heteroatoms. The van der Waals surface area contributed by atoms with Gasteiger partial charge in [-0.25, -0.2) is 0 Å². The van der Waals surface area contributed by atoms with E-state index in [9.17, 15) is 4.79 Å². The van der Waals surface area contributed by atoms with Gasteiger partial charge in [0.2, 0.25) is 5.91 Å². The molecule has 1 heterocycles. The molecule has 0 radical (unpaired) electrons. The maximum absolute atomic E-state index is 12.8. The zero-order valence-corrected chi connectivity index (χ0v) is 13.9. The van der Waals surface area contributed by atoms with E-state index in [0.29, 0.717) is 13.1 Å². The van der Waals surface area contributed by atoms with Crippen LogP contribution in [0.1, 0.15) is 23.5 Å². The molecule has 0 aliphatic carbocycles. The fourth-order valence-corrected chi connectivity index (χ4v) is 3.32. The smallest absolute Gasteiger partial charge is 0.241 e. The van der Waals surface area contributed by atoms with E-state index in [-0.39, 0.29) is 17.9 Å². The van der Waals surface area contributed by atoms with Crippen LogP contribution in [-0.2, 0) is 4.79 Å². The van der Waals surface area contributed by atoms with Crippen LogP contribution in [0.2, 0.25) is 0 Å². The Labute approximate surface area is 143 Å². The standard InChI is InChI=1S/C20H25N3O/c21-14-19-20(24)23(13-7-12-22-19)15-18(16-8-3-1-4-9-16)17-10-5-2-6-11-17/h1-6,8-11,18-19,22H,7,12-15,21H2. The Balaban J connectivity index is 1.88. The number of carbonyl (C=O) groups is 1. The first-order chi connectivity index (χ1) is 11.8. The number of nitrogens with two attached hydrogens (primary N) is 1. The molecule has 2 aromatic carbocycles. The second kappa shape index (κ2) is 8.08. The Kier molecular flexibility index (Phi) is 5.62. The number of nitrogens with zero attached hydrogens (tertiary/aromatic N) is 1. The van der Waals surface area contributed by atoms with Crippen molar-refractivity contribution >= 4 is 5.91 Å². The van der Waals surface area contributed by atoms with Crippen LogP contribution in [0.4, 0.5) is 0 Å². The maximum Gasteiger partial charge on any atom is 0.241 e. The molecule has 1 atom stereocenters. The second-order valence-electron chi connectivity index (χ2n) is 6.25. The molecule has 0 saturated carbocycles. The number of hydrogen-bond donors (Lipinski definition) is 2. The SMILES string of the molecule is NCC1NCCCN(CC(c2ccccc2)c2ccccc2)C1=O. The van der Waals surface area contributed by atoms with E-state index in [1.54, 1.807) is 0 Å². The Morgan fingerprint density at radius 2 is 1.62 bits per heavy atom. The summed E-state index contributed by atoms with van der Waals surface area (Å²) in [5.74, 6) is 0.291. The molecule has 1 unspecified atom stereocenters. The first-order valence-electron chi connectivity index (χ1n) is 8.61. The molecule has 1 saturated heterocycles. The number of nitrogens with one attached hydrogen (secondary N) is 1. The molecule has 1 fully saturated rings. The summed E-state index contributed by atoms with van der Waals surface area (Å²) in [4.78, 5) is 14.7. The molecule has 4 nitrogen and oxygen atoms in total. The van der Waals surface area contributed by atoms with Crippen LogP contribution in [-0.4, -0.2) is 43.0 Å². The van der Waals surface area contributed by atoms with Crippen molar-refractivity contribution < 1.29 is 4.79 Å². The highest BCUT2D eigenvalue weighted by Gasteiger charge is 2.28. The van der Waals surface area contributed by atoms with Crippen molar-refractivity contribution in [3.63, 3.8) is 0 Å². The van der Waals surface area contributed by atoms with Crippen LogP contribution in [0.25, 0.3) is 0 Å². The van der Waals surface area contributed by atoms with Crippen molar-refractivity contribution in [1.29, 1.82) is 0 Å².